The molecule has 1 unspecified atom stereocenters. The molecule has 7 nitrogen and oxygen atoms in total. The molecule has 1 N–H and O–H groups in total. The summed E-state index contributed by atoms with van der Waals surface area (Å²) in [5.41, 5.74) is 0.605. The Balaban J connectivity index is 1.24. The normalized spacial score (nSPS) is 22.3. The molecule has 158 valence electrons. The molecule has 4 rings (SSSR count). The molecule has 7 heteroatoms. The van der Waals surface area contributed by atoms with Gasteiger partial charge in [0.15, 0.2) is 0 Å². The number of rotatable bonds is 8. The van der Waals surface area contributed by atoms with Crippen LogP contribution in [-0.2, 0) is 20.7 Å². The lowest BCUT2D eigenvalue weighted by Crippen LogP contribution is -2.63. The molecule has 1 aliphatic carbocycles. The fourth-order valence-electron chi connectivity index (χ4n) is 4.29. The van der Waals surface area contributed by atoms with Crippen molar-refractivity contribution >= 4 is 11.8 Å². The summed E-state index contributed by atoms with van der Waals surface area (Å²) in [7, 11) is 3.19. The number of methoxy groups -OCH3 is 2. The standard InChI is InChI=1S/C22H30N2O5/c1-27-18-5-16(6-19(9-18)28-2)8-21(26)24-13-22(14-24)10-17(12-29-22)7-20(25)23-11-15-3-4-15/h5-6,9,15,17H,3-4,7-8,10-14H2,1-2H3,(H,23,25). The first kappa shape index (κ1) is 20.0. The second kappa shape index (κ2) is 8.22. The number of amides is 2. The maximum Gasteiger partial charge on any atom is 0.227 e. The highest BCUT2D eigenvalue weighted by Crippen LogP contribution is 2.39. The quantitative estimate of drug-likeness (QED) is 0.717. The maximum absolute atomic E-state index is 12.7. The zero-order valence-electron chi connectivity index (χ0n) is 17.2. The average molecular weight is 402 g/mol. The Kier molecular flexibility index (Phi) is 5.67. The fraction of sp³-hybridized carbons (Fsp3) is 0.636. The number of benzene rings is 1. The van der Waals surface area contributed by atoms with Crippen molar-refractivity contribution in [1.29, 1.82) is 0 Å². The number of nitrogens with zero attached hydrogens (tertiary/aromatic N) is 1. The van der Waals surface area contributed by atoms with Crippen molar-refractivity contribution in [3.63, 3.8) is 0 Å². The number of likely N-dealkylation sites (tertiary alicyclic amines) is 1. The lowest BCUT2D eigenvalue weighted by Gasteiger charge is -2.47. The molecule has 2 heterocycles. The van der Waals surface area contributed by atoms with Crippen LogP contribution < -0.4 is 14.8 Å². The second-order valence-corrected chi connectivity index (χ2v) is 8.66. The number of nitrogens with one attached hydrogen (secondary N) is 1. The summed E-state index contributed by atoms with van der Waals surface area (Å²) in [6, 6.07) is 5.51. The van der Waals surface area contributed by atoms with E-state index in [1.165, 1.54) is 12.8 Å². The zero-order chi connectivity index (χ0) is 20.4. The van der Waals surface area contributed by atoms with Gasteiger partial charge in [0.2, 0.25) is 11.8 Å². The van der Waals surface area contributed by atoms with Gasteiger partial charge in [-0.1, -0.05) is 0 Å². The summed E-state index contributed by atoms with van der Waals surface area (Å²) in [6.45, 7) is 2.63. The van der Waals surface area contributed by atoms with Crippen molar-refractivity contribution in [3.05, 3.63) is 23.8 Å². The average Bonchev–Trinajstić information content (AvgIpc) is 3.42. The van der Waals surface area contributed by atoms with Gasteiger partial charge >= 0.3 is 0 Å². The van der Waals surface area contributed by atoms with Gasteiger partial charge in [0.05, 0.1) is 40.3 Å². The van der Waals surface area contributed by atoms with Crippen molar-refractivity contribution in [2.75, 3.05) is 40.5 Å². The highest BCUT2D eigenvalue weighted by Gasteiger charge is 2.51. The van der Waals surface area contributed by atoms with Gasteiger partial charge in [-0.15, -0.1) is 0 Å². The van der Waals surface area contributed by atoms with Gasteiger partial charge in [0.25, 0.3) is 0 Å². The third kappa shape index (κ3) is 4.83. The van der Waals surface area contributed by atoms with Crippen LogP contribution in [0.3, 0.4) is 0 Å². The molecule has 3 fully saturated rings. The van der Waals surface area contributed by atoms with Crippen LogP contribution in [0, 0.1) is 11.8 Å². The SMILES string of the molecule is COc1cc(CC(=O)N2CC3(CC(CC(=O)NCC4CC4)CO3)C2)cc(OC)c1. The highest BCUT2D eigenvalue weighted by atomic mass is 16.5. The molecule has 1 atom stereocenters. The molecule has 1 spiro atoms. The van der Waals surface area contributed by atoms with Crippen LogP contribution in [-0.4, -0.2) is 62.8 Å². The molecule has 2 saturated heterocycles. The van der Waals surface area contributed by atoms with Crippen LogP contribution in [0.4, 0.5) is 0 Å². The Morgan fingerprint density at radius 2 is 1.83 bits per heavy atom. The van der Waals surface area contributed by atoms with E-state index in [0.29, 0.717) is 50.0 Å². The van der Waals surface area contributed by atoms with Crippen molar-refractivity contribution in [2.24, 2.45) is 11.8 Å². The van der Waals surface area contributed by atoms with E-state index in [1.807, 2.05) is 17.0 Å². The Bertz CT molecular complexity index is 748. The lowest BCUT2D eigenvalue weighted by atomic mass is 9.85. The topological polar surface area (TPSA) is 77.1 Å². The molecule has 0 aromatic heterocycles. The Morgan fingerprint density at radius 3 is 2.45 bits per heavy atom. The molecule has 2 aliphatic heterocycles. The zero-order valence-corrected chi connectivity index (χ0v) is 17.2. The van der Waals surface area contributed by atoms with Crippen molar-refractivity contribution in [1.82, 2.24) is 10.2 Å². The summed E-state index contributed by atoms with van der Waals surface area (Å²) in [5, 5.41) is 3.03. The van der Waals surface area contributed by atoms with E-state index in [9.17, 15) is 9.59 Å². The number of hydrogen-bond donors (Lipinski definition) is 1. The number of hydrogen-bond acceptors (Lipinski definition) is 5. The first-order valence-corrected chi connectivity index (χ1v) is 10.4. The van der Waals surface area contributed by atoms with Gasteiger partial charge in [0.1, 0.15) is 17.1 Å². The molecule has 29 heavy (non-hydrogen) atoms. The van der Waals surface area contributed by atoms with E-state index in [2.05, 4.69) is 5.32 Å². The van der Waals surface area contributed by atoms with Crippen LogP contribution in [0.15, 0.2) is 18.2 Å². The predicted molar refractivity (Wildman–Crippen MR) is 107 cm³/mol. The fourth-order valence-corrected chi connectivity index (χ4v) is 4.29. The van der Waals surface area contributed by atoms with Gasteiger partial charge in [-0.05, 0) is 48.8 Å². The van der Waals surface area contributed by atoms with E-state index in [1.54, 1.807) is 20.3 Å². The summed E-state index contributed by atoms with van der Waals surface area (Å²) in [5.74, 6) is 2.49. The summed E-state index contributed by atoms with van der Waals surface area (Å²) < 4.78 is 16.6. The van der Waals surface area contributed by atoms with E-state index < -0.39 is 0 Å². The highest BCUT2D eigenvalue weighted by molar-refractivity contribution is 5.80. The third-order valence-corrected chi connectivity index (χ3v) is 6.12. The van der Waals surface area contributed by atoms with Crippen LogP contribution in [0.25, 0.3) is 0 Å². The molecular weight excluding hydrogens is 372 g/mol. The lowest BCUT2D eigenvalue weighted by molar-refractivity contribution is -0.157. The number of carbonyl (C=O) groups is 2. The van der Waals surface area contributed by atoms with E-state index in [4.69, 9.17) is 14.2 Å². The molecule has 1 aromatic rings. The number of carbonyl (C=O) groups excluding carboxylic acids is 2. The van der Waals surface area contributed by atoms with E-state index >= 15 is 0 Å². The van der Waals surface area contributed by atoms with Crippen LogP contribution in [0.2, 0.25) is 0 Å². The molecule has 3 aliphatic rings. The second-order valence-electron chi connectivity index (χ2n) is 8.66. The van der Waals surface area contributed by atoms with Crippen LogP contribution in [0.1, 0.15) is 31.2 Å². The minimum absolute atomic E-state index is 0.0696. The predicted octanol–water partition coefficient (Wildman–Crippen LogP) is 1.78. The molecular formula is C22H30N2O5. The van der Waals surface area contributed by atoms with Gasteiger partial charge in [-0.25, -0.2) is 0 Å². The Labute approximate surface area is 171 Å². The van der Waals surface area contributed by atoms with Crippen LogP contribution in [0.5, 0.6) is 11.5 Å². The molecule has 1 saturated carbocycles. The van der Waals surface area contributed by atoms with Crippen molar-refractivity contribution in [2.45, 2.75) is 37.7 Å². The van der Waals surface area contributed by atoms with Crippen molar-refractivity contribution in [3.8, 4) is 11.5 Å². The smallest absolute Gasteiger partial charge is 0.227 e. The monoisotopic (exact) mass is 402 g/mol. The first-order chi connectivity index (χ1) is 14.0. The molecule has 1 aromatic carbocycles. The van der Waals surface area contributed by atoms with Gasteiger partial charge in [-0.3, -0.25) is 9.59 Å². The first-order valence-electron chi connectivity index (χ1n) is 10.4. The summed E-state index contributed by atoms with van der Waals surface area (Å²) in [4.78, 5) is 26.6. The minimum Gasteiger partial charge on any atom is -0.497 e. The largest absolute Gasteiger partial charge is 0.497 e. The van der Waals surface area contributed by atoms with Gasteiger partial charge in [0, 0.05) is 19.0 Å². The Hall–Kier alpha value is -2.28. The molecule has 0 radical (unpaired) electrons. The van der Waals surface area contributed by atoms with Crippen LogP contribution >= 0.6 is 0 Å². The third-order valence-electron chi connectivity index (χ3n) is 6.12. The summed E-state index contributed by atoms with van der Waals surface area (Å²) in [6.07, 6.45) is 4.15. The van der Waals surface area contributed by atoms with Gasteiger partial charge in [-0.2, -0.15) is 0 Å². The number of ether oxygens (including phenoxy) is 3. The van der Waals surface area contributed by atoms with E-state index in [0.717, 1.165) is 18.5 Å². The van der Waals surface area contributed by atoms with Crippen molar-refractivity contribution < 1.29 is 23.8 Å². The summed E-state index contributed by atoms with van der Waals surface area (Å²) >= 11 is 0. The molecule has 2 amide bonds. The molecule has 0 bridgehead atoms. The Morgan fingerprint density at radius 1 is 1.14 bits per heavy atom. The minimum atomic E-state index is -0.261. The maximum atomic E-state index is 12.7. The van der Waals surface area contributed by atoms with E-state index in [-0.39, 0.29) is 23.3 Å². The van der Waals surface area contributed by atoms with Gasteiger partial charge < -0.3 is 24.4 Å².